The monoisotopic (exact) mass is 246 g/mol. The molecule has 0 aromatic heterocycles. The summed E-state index contributed by atoms with van der Waals surface area (Å²) in [4.78, 5) is 2.45. The van der Waals surface area contributed by atoms with Crippen molar-refractivity contribution in [3.05, 3.63) is 35.4 Å². The number of piperidine rings is 1. The number of rotatable bonds is 4. The summed E-state index contributed by atoms with van der Waals surface area (Å²) in [6.45, 7) is 7.91. The first-order valence-corrected chi connectivity index (χ1v) is 7.07. The summed E-state index contributed by atoms with van der Waals surface area (Å²) in [5.74, 6) is 0. The number of aryl methyl sites for hydroxylation is 1. The van der Waals surface area contributed by atoms with Crippen LogP contribution in [0.4, 0.5) is 0 Å². The molecular formula is C16H26N2. The predicted octanol–water partition coefficient (Wildman–Crippen LogP) is 2.96. The number of nitrogens with one attached hydrogen (secondary N) is 1. The molecule has 0 saturated carbocycles. The second kappa shape index (κ2) is 5.85. The Kier molecular flexibility index (Phi) is 4.41. The molecule has 0 radical (unpaired) electrons. The summed E-state index contributed by atoms with van der Waals surface area (Å²) in [5.41, 5.74) is 3.14. The number of nitrogens with zero attached hydrogens (tertiary/aromatic N) is 1. The third kappa shape index (κ3) is 3.56. The van der Waals surface area contributed by atoms with Gasteiger partial charge in [0.15, 0.2) is 0 Å². The predicted molar refractivity (Wildman–Crippen MR) is 77.8 cm³/mol. The molecule has 2 rings (SSSR count). The Bertz CT molecular complexity index is 380. The van der Waals surface area contributed by atoms with Gasteiger partial charge in [0.2, 0.25) is 0 Å². The fraction of sp³-hybridized carbons (Fsp3) is 0.625. The largest absolute Gasteiger partial charge is 0.310 e. The molecule has 1 saturated heterocycles. The van der Waals surface area contributed by atoms with Crippen LogP contribution in [0.15, 0.2) is 24.3 Å². The third-order valence-corrected chi connectivity index (χ3v) is 4.03. The van der Waals surface area contributed by atoms with Gasteiger partial charge in [-0.05, 0) is 51.4 Å². The highest BCUT2D eigenvalue weighted by Crippen LogP contribution is 2.20. The molecule has 0 bridgehead atoms. The van der Waals surface area contributed by atoms with Crippen LogP contribution in [0.3, 0.4) is 0 Å². The zero-order chi connectivity index (χ0) is 13.0. The third-order valence-electron chi connectivity index (χ3n) is 4.03. The second-order valence-corrected chi connectivity index (χ2v) is 6.04. The van der Waals surface area contributed by atoms with Gasteiger partial charge in [0, 0.05) is 18.6 Å². The molecule has 2 heteroatoms. The minimum Gasteiger partial charge on any atom is -0.310 e. The normalized spacial score (nSPS) is 24.4. The summed E-state index contributed by atoms with van der Waals surface area (Å²) < 4.78 is 0. The van der Waals surface area contributed by atoms with Gasteiger partial charge in [-0.3, -0.25) is 0 Å². The Morgan fingerprint density at radius 2 is 2.06 bits per heavy atom. The fourth-order valence-electron chi connectivity index (χ4n) is 2.98. The van der Waals surface area contributed by atoms with Crippen molar-refractivity contribution in [1.82, 2.24) is 10.2 Å². The van der Waals surface area contributed by atoms with Crippen LogP contribution in [0.1, 0.15) is 37.3 Å². The van der Waals surface area contributed by atoms with Crippen molar-refractivity contribution < 1.29 is 0 Å². The zero-order valence-corrected chi connectivity index (χ0v) is 12.0. The van der Waals surface area contributed by atoms with Gasteiger partial charge in [0.05, 0.1) is 0 Å². The molecule has 1 unspecified atom stereocenters. The maximum Gasteiger partial charge on any atom is 0.0280 e. The Hall–Kier alpha value is -0.860. The Balaban J connectivity index is 1.92. The van der Waals surface area contributed by atoms with Crippen molar-refractivity contribution in [3.63, 3.8) is 0 Å². The quantitative estimate of drug-likeness (QED) is 0.878. The summed E-state index contributed by atoms with van der Waals surface area (Å²) in [5, 5.41) is 3.69. The van der Waals surface area contributed by atoms with Gasteiger partial charge in [-0.1, -0.05) is 30.7 Å². The molecule has 1 heterocycles. The number of benzene rings is 1. The molecular weight excluding hydrogens is 220 g/mol. The Morgan fingerprint density at radius 1 is 1.28 bits per heavy atom. The van der Waals surface area contributed by atoms with E-state index in [-0.39, 0.29) is 0 Å². The number of hydrogen-bond donors (Lipinski definition) is 1. The molecule has 0 aliphatic carbocycles. The van der Waals surface area contributed by atoms with Crippen LogP contribution in [-0.2, 0) is 6.54 Å². The first-order chi connectivity index (χ1) is 8.59. The van der Waals surface area contributed by atoms with E-state index in [0.29, 0.717) is 5.54 Å². The number of hydrogen-bond acceptors (Lipinski definition) is 2. The first kappa shape index (κ1) is 13.6. The lowest BCUT2D eigenvalue weighted by atomic mass is 9.90. The van der Waals surface area contributed by atoms with Crippen LogP contribution < -0.4 is 5.32 Å². The molecule has 18 heavy (non-hydrogen) atoms. The standard InChI is InChI=1S/C16H26N2/c1-14-8-4-5-9-15(14)12-18(3)13-16(2)10-6-7-11-17-16/h4-5,8-9,17H,6-7,10-13H2,1-3H3. The van der Waals surface area contributed by atoms with Crippen molar-refractivity contribution >= 4 is 0 Å². The van der Waals surface area contributed by atoms with E-state index in [4.69, 9.17) is 0 Å². The highest BCUT2D eigenvalue weighted by atomic mass is 15.1. The van der Waals surface area contributed by atoms with Crippen LogP contribution in [-0.4, -0.2) is 30.6 Å². The van der Waals surface area contributed by atoms with Gasteiger partial charge in [-0.2, -0.15) is 0 Å². The second-order valence-electron chi connectivity index (χ2n) is 6.04. The van der Waals surface area contributed by atoms with Crippen molar-refractivity contribution in [2.24, 2.45) is 0 Å². The van der Waals surface area contributed by atoms with Crippen LogP contribution in [0, 0.1) is 6.92 Å². The molecule has 2 nitrogen and oxygen atoms in total. The molecule has 1 N–H and O–H groups in total. The van der Waals surface area contributed by atoms with Crippen LogP contribution in [0.5, 0.6) is 0 Å². The molecule has 1 fully saturated rings. The highest BCUT2D eigenvalue weighted by Gasteiger charge is 2.27. The van der Waals surface area contributed by atoms with Crippen LogP contribution in [0.2, 0.25) is 0 Å². The van der Waals surface area contributed by atoms with E-state index >= 15 is 0 Å². The summed E-state index contributed by atoms with van der Waals surface area (Å²) in [6.07, 6.45) is 3.99. The van der Waals surface area contributed by atoms with Gasteiger partial charge >= 0.3 is 0 Å². The minimum atomic E-state index is 0.301. The fourth-order valence-corrected chi connectivity index (χ4v) is 2.98. The molecule has 1 aromatic carbocycles. The molecule has 0 amide bonds. The van der Waals surface area contributed by atoms with Crippen LogP contribution >= 0.6 is 0 Å². The van der Waals surface area contributed by atoms with Crippen molar-refractivity contribution in [2.45, 2.75) is 45.2 Å². The topological polar surface area (TPSA) is 15.3 Å². The molecule has 1 aromatic rings. The maximum atomic E-state index is 3.69. The minimum absolute atomic E-state index is 0.301. The zero-order valence-electron chi connectivity index (χ0n) is 12.0. The lowest BCUT2D eigenvalue weighted by Gasteiger charge is -2.38. The highest BCUT2D eigenvalue weighted by molar-refractivity contribution is 5.25. The summed E-state index contributed by atoms with van der Waals surface area (Å²) in [7, 11) is 2.23. The molecule has 0 spiro atoms. The first-order valence-electron chi connectivity index (χ1n) is 7.07. The lowest BCUT2D eigenvalue weighted by molar-refractivity contribution is 0.182. The van der Waals surface area contributed by atoms with E-state index in [9.17, 15) is 0 Å². The van der Waals surface area contributed by atoms with Gasteiger partial charge in [0.25, 0.3) is 0 Å². The lowest BCUT2D eigenvalue weighted by Crippen LogP contribution is -2.52. The van der Waals surface area contributed by atoms with E-state index in [1.807, 2.05) is 0 Å². The average Bonchev–Trinajstić information content (AvgIpc) is 2.32. The van der Waals surface area contributed by atoms with E-state index in [1.165, 1.54) is 36.9 Å². The molecule has 100 valence electrons. The smallest absolute Gasteiger partial charge is 0.0280 e. The van der Waals surface area contributed by atoms with Gasteiger partial charge in [0.1, 0.15) is 0 Å². The average molecular weight is 246 g/mol. The Morgan fingerprint density at radius 3 is 2.72 bits per heavy atom. The van der Waals surface area contributed by atoms with Crippen LogP contribution in [0.25, 0.3) is 0 Å². The van der Waals surface area contributed by atoms with Crippen molar-refractivity contribution in [3.8, 4) is 0 Å². The van der Waals surface area contributed by atoms with E-state index in [2.05, 4.69) is 55.4 Å². The molecule has 1 aliphatic heterocycles. The Labute approximate surface area is 111 Å². The maximum absolute atomic E-state index is 3.69. The van der Waals surface area contributed by atoms with Crippen molar-refractivity contribution in [1.29, 1.82) is 0 Å². The van der Waals surface area contributed by atoms with Gasteiger partial charge in [-0.15, -0.1) is 0 Å². The molecule has 1 aliphatic rings. The van der Waals surface area contributed by atoms with Gasteiger partial charge in [-0.25, -0.2) is 0 Å². The van der Waals surface area contributed by atoms with E-state index in [0.717, 1.165) is 13.1 Å². The van der Waals surface area contributed by atoms with Gasteiger partial charge < -0.3 is 10.2 Å². The van der Waals surface area contributed by atoms with E-state index in [1.54, 1.807) is 0 Å². The van der Waals surface area contributed by atoms with Crippen molar-refractivity contribution in [2.75, 3.05) is 20.1 Å². The number of likely N-dealkylation sites (N-methyl/N-ethyl adjacent to an activating group) is 1. The SMILES string of the molecule is Cc1ccccc1CN(C)CC1(C)CCCCN1. The molecule has 1 atom stereocenters. The summed E-state index contributed by atoms with van der Waals surface area (Å²) in [6, 6.07) is 8.69. The van der Waals surface area contributed by atoms with E-state index < -0.39 is 0 Å². The summed E-state index contributed by atoms with van der Waals surface area (Å²) >= 11 is 0.